The van der Waals surface area contributed by atoms with Crippen molar-refractivity contribution < 1.29 is 13.5 Å². The minimum atomic E-state index is -2.91. The van der Waals surface area contributed by atoms with Crippen molar-refractivity contribution in [2.45, 2.75) is 13.2 Å². The number of rotatable bonds is 5. The third-order valence-electron chi connectivity index (χ3n) is 2.64. The minimum absolute atomic E-state index is 0.0291. The van der Waals surface area contributed by atoms with Crippen LogP contribution in [-0.2, 0) is 6.54 Å². The molecule has 0 aliphatic heterocycles. The summed E-state index contributed by atoms with van der Waals surface area (Å²) < 4.78 is 30.8. The second kappa shape index (κ2) is 7.42. The van der Waals surface area contributed by atoms with E-state index in [9.17, 15) is 8.78 Å². The predicted octanol–water partition coefficient (Wildman–Crippen LogP) is 6.08. The van der Waals surface area contributed by atoms with Crippen molar-refractivity contribution >= 4 is 49.1 Å². The van der Waals surface area contributed by atoms with Crippen molar-refractivity contribution in [3.63, 3.8) is 0 Å². The first-order valence-electron chi connectivity index (χ1n) is 5.88. The number of benzene rings is 2. The van der Waals surface area contributed by atoms with Crippen LogP contribution < -0.4 is 10.1 Å². The van der Waals surface area contributed by atoms with Crippen LogP contribution in [0.1, 0.15) is 5.56 Å². The maximum Gasteiger partial charge on any atom is 0.387 e. The molecule has 21 heavy (non-hydrogen) atoms. The van der Waals surface area contributed by atoms with Crippen molar-refractivity contribution in [1.29, 1.82) is 0 Å². The molecule has 0 fully saturated rings. The summed E-state index contributed by atoms with van der Waals surface area (Å²) in [6.07, 6.45) is 0. The van der Waals surface area contributed by atoms with Crippen LogP contribution in [0.25, 0.3) is 0 Å². The number of anilines is 1. The van der Waals surface area contributed by atoms with E-state index in [4.69, 9.17) is 11.6 Å². The van der Waals surface area contributed by atoms with Gasteiger partial charge in [0, 0.05) is 16.0 Å². The quantitative estimate of drug-likeness (QED) is 0.607. The molecule has 0 heterocycles. The average Bonchev–Trinajstić information content (AvgIpc) is 2.41. The highest BCUT2D eigenvalue weighted by molar-refractivity contribution is 9.10. The summed E-state index contributed by atoms with van der Waals surface area (Å²) in [4.78, 5) is 0. The Morgan fingerprint density at radius 1 is 1.14 bits per heavy atom. The van der Waals surface area contributed by atoms with Gasteiger partial charge >= 0.3 is 6.61 Å². The summed E-state index contributed by atoms with van der Waals surface area (Å²) in [6.45, 7) is -2.47. The number of ether oxygens (including phenoxy) is 1. The third-order valence-corrected chi connectivity index (χ3v) is 4.22. The number of hydrogen-bond acceptors (Lipinski definition) is 2. The van der Waals surface area contributed by atoms with Crippen LogP contribution in [0.15, 0.2) is 45.3 Å². The molecule has 0 radical (unpaired) electrons. The second-order valence-electron chi connectivity index (χ2n) is 4.09. The molecule has 1 N–H and O–H groups in total. The zero-order chi connectivity index (χ0) is 15.4. The van der Waals surface area contributed by atoms with Crippen molar-refractivity contribution in [1.82, 2.24) is 0 Å². The average molecular weight is 441 g/mol. The fraction of sp³-hybridized carbons (Fsp3) is 0.143. The Balaban J connectivity index is 2.24. The highest BCUT2D eigenvalue weighted by atomic mass is 79.9. The van der Waals surface area contributed by atoms with Gasteiger partial charge in [-0.15, -0.1) is 0 Å². The molecule has 2 rings (SSSR count). The van der Waals surface area contributed by atoms with Gasteiger partial charge in [-0.1, -0.05) is 45.7 Å². The first-order valence-corrected chi connectivity index (χ1v) is 7.85. The highest BCUT2D eigenvalue weighted by Gasteiger charge is 2.15. The summed E-state index contributed by atoms with van der Waals surface area (Å²) in [5.74, 6) is 0.0291. The van der Waals surface area contributed by atoms with E-state index in [1.165, 1.54) is 6.07 Å². The van der Waals surface area contributed by atoms with Crippen LogP contribution in [0.2, 0.25) is 5.02 Å². The van der Waals surface area contributed by atoms with Gasteiger partial charge in [0.25, 0.3) is 0 Å². The van der Waals surface area contributed by atoms with Gasteiger partial charge in [-0.25, -0.2) is 0 Å². The SMILES string of the molecule is FC(F)Oc1c(Br)cc(Cl)cc1NCc1ccccc1Br. The molecular weight excluding hydrogens is 431 g/mol. The maximum atomic E-state index is 12.5. The Kier molecular flexibility index (Phi) is 5.84. The van der Waals surface area contributed by atoms with Crippen LogP contribution in [0, 0.1) is 0 Å². The third kappa shape index (κ3) is 4.56. The fourth-order valence-corrected chi connectivity index (χ4v) is 3.06. The van der Waals surface area contributed by atoms with Crippen LogP contribution in [0.5, 0.6) is 5.75 Å². The smallest absolute Gasteiger partial charge is 0.387 e. The van der Waals surface area contributed by atoms with Gasteiger partial charge < -0.3 is 10.1 Å². The van der Waals surface area contributed by atoms with Crippen molar-refractivity contribution in [3.05, 3.63) is 55.9 Å². The van der Waals surface area contributed by atoms with Crippen LogP contribution >= 0.6 is 43.5 Å². The zero-order valence-corrected chi connectivity index (χ0v) is 14.5. The van der Waals surface area contributed by atoms with Gasteiger partial charge in [-0.2, -0.15) is 8.78 Å². The molecular formula is C14H10Br2ClF2NO. The molecule has 0 unspecified atom stereocenters. The molecule has 0 amide bonds. The van der Waals surface area contributed by atoms with Crippen LogP contribution in [0.4, 0.5) is 14.5 Å². The predicted molar refractivity (Wildman–Crippen MR) is 87.3 cm³/mol. The number of hydrogen-bond donors (Lipinski definition) is 1. The molecule has 7 heteroatoms. The molecule has 0 saturated carbocycles. The van der Waals surface area contributed by atoms with E-state index in [2.05, 4.69) is 41.9 Å². The molecule has 0 aliphatic rings. The van der Waals surface area contributed by atoms with Gasteiger partial charge in [-0.3, -0.25) is 0 Å². The summed E-state index contributed by atoms with van der Waals surface area (Å²) in [5, 5.41) is 3.47. The topological polar surface area (TPSA) is 21.3 Å². The van der Waals surface area contributed by atoms with Crippen molar-refractivity contribution in [2.75, 3.05) is 5.32 Å². The minimum Gasteiger partial charge on any atom is -0.431 e. The van der Waals surface area contributed by atoms with E-state index in [1.807, 2.05) is 24.3 Å². The molecule has 0 aliphatic carbocycles. The Morgan fingerprint density at radius 2 is 1.86 bits per heavy atom. The molecule has 2 aromatic carbocycles. The van der Waals surface area contributed by atoms with Gasteiger partial charge in [0.15, 0.2) is 5.75 Å². The molecule has 0 bridgehead atoms. The Hall–Kier alpha value is -0.850. The Morgan fingerprint density at radius 3 is 2.52 bits per heavy atom. The van der Waals surface area contributed by atoms with E-state index in [0.717, 1.165) is 10.0 Å². The largest absolute Gasteiger partial charge is 0.431 e. The second-order valence-corrected chi connectivity index (χ2v) is 6.23. The molecule has 2 aromatic rings. The van der Waals surface area contributed by atoms with Gasteiger partial charge in [0.1, 0.15) is 0 Å². The molecule has 0 spiro atoms. The normalized spacial score (nSPS) is 10.8. The molecule has 2 nitrogen and oxygen atoms in total. The van der Waals surface area contributed by atoms with Crippen molar-refractivity contribution in [3.8, 4) is 5.75 Å². The van der Waals surface area contributed by atoms with E-state index < -0.39 is 6.61 Å². The molecule has 0 saturated heterocycles. The molecule has 0 aromatic heterocycles. The summed E-state index contributed by atoms with van der Waals surface area (Å²) in [5.41, 5.74) is 1.38. The summed E-state index contributed by atoms with van der Waals surface area (Å²) in [6, 6.07) is 10.7. The van der Waals surface area contributed by atoms with Gasteiger partial charge in [0.05, 0.1) is 10.2 Å². The van der Waals surface area contributed by atoms with E-state index in [1.54, 1.807) is 6.07 Å². The highest BCUT2D eigenvalue weighted by Crippen LogP contribution is 2.38. The lowest BCUT2D eigenvalue weighted by Gasteiger charge is -2.15. The Labute approximate surface area is 142 Å². The monoisotopic (exact) mass is 439 g/mol. The lowest BCUT2D eigenvalue weighted by atomic mass is 10.2. The molecule has 0 atom stereocenters. The summed E-state index contributed by atoms with van der Waals surface area (Å²) >= 11 is 12.6. The lowest BCUT2D eigenvalue weighted by molar-refractivity contribution is -0.0498. The lowest BCUT2D eigenvalue weighted by Crippen LogP contribution is -2.07. The van der Waals surface area contributed by atoms with Crippen molar-refractivity contribution in [2.24, 2.45) is 0 Å². The standard InChI is InChI=1S/C14H10Br2ClF2NO/c15-10-4-2-1-3-8(10)7-20-12-6-9(17)5-11(16)13(12)21-14(18)19/h1-6,14,20H,7H2. The zero-order valence-electron chi connectivity index (χ0n) is 10.5. The van der Waals surface area contributed by atoms with Crippen LogP contribution in [-0.4, -0.2) is 6.61 Å². The summed E-state index contributed by atoms with van der Waals surface area (Å²) in [7, 11) is 0. The molecule has 112 valence electrons. The van der Waals surface area contributed by atoms with Gasteiger partial charge in [-0.05, 0) is 39.7 Å². The first kappa shape index (κ1) is 16.5. The van der Waals surface area contributed by atoms with E-state index in [0.29, 0.717) is 21.7 Å². The number of alkyl halides is 2. The van der Waals surface area contributed by atoms with E-state index >= 15 is 0 Å². The maximum absolute atomic E-state index is 12.5. The van der Waals surface area contributed by atoms with Crippen LogP contribution in [0.3, 0.4) is 0 Å². The van der Waals surface area contributed by atoms with E-state index in [-0.39, 0.29) is 5.75 Å². The number of nitrogens with one attached hydrogen (secondary N) is 1. The van der Waals surface area contributed by atoms with Gasteiger partial charge in [0.2, 0.25) is 0 Å². The fourth-order valence-electron chi connectivity index (χ4n) is 1.73. The number of halogens is 5. The Bertz CT molecular complexity index is 640. The first-order chi connectivity index (χ1) is 9.97.